The number of carbonyl (C=O) groups excluding carboxylic acids is 1. The Hall–Kier alpha value is -1.42. The van der Waals surface area contributed by atoms with Crippen LogP contribution in [-0.4, -0.2) is 17.4 Å². The number of amides is 1. The number of aromatic nitrogens is 1. The van der Waals surface area contributed by atoms with E-state index in [-0.39, 0.29) is 11.9 Å². The molecule has 0 saturated carbocycles. The Morgan fingerprint density at radius 2 is 2.29 bits per heavy atom. The van der Waals surface area contributed by atoms with E-state index in [0.29, 0.717) is 18.9 Å². The molecule has 2 unspecified atom stereocenters. The number of hydrogen-bond donors (Lipinski definition) is 2. The number of rotatable bonds is 6. The van der Waals surface area contributed by atoms with Crippen molar-refractivity contribution in [2.24, 2.45) is 11.7 Å². The molecule has 1 aromatic rings. The topological polar surface area (TPSA) is 68.0 Å². The van der Waals surface area contributed by atoms with Crippen LogP contribution < -0.4 is 11.1 Å². The summed E-state index contributed by atoms with van der Waals surface area (Å²) < 4.78 is 0. The first-order valence-corrected chi connectivity index (χ1v) is 6.02. The molecule has 17 heavy (non-hydrogen) atoms. The summed E-state index contributed by atoms with van der Waals surface area (Å²) in [7, 11) is 0. The van der Waals surface area contributed by atoms with Gasteiger partial charge in [0.05, 0.1) is 6.04 Å². The highest BCUT2D eigenvalue weighted by atomic mass is 16.1. The van der Waals surface area contributed by atoms with Crippen LogP contribution in [0.15, 0.2) is 24.5 Å². The van der Waals surface area contributed by atoms with Crippen molar-refractivity contribution in [3.05, 3.63) is 30.1 Å². The standard InChI is InChI=1S/C13H21N3O/c1-10(8-14)5-6-13(17)16-11(2)12-4-3-7-15-9-12/h3-4,7,9-11H,5-6,8,14H2,1-2H3,(H,16,17). The van der Waals surface area contributed by atoms with Crippen molar-refractivity contribution in [1.29, 1.82) is 0 Å². The van der Waals surface area contributed by atoms with Gasteiger partial charge in [-0.25, -0.2) is 0 Å². The minimum Gasteiger partial charge on any atom is -0.350 e. The number of hydrogen-bond acceptors (Lipinski definition) is 3. The summed E-state index contributed by atoms with van der Waals surface area (Å²) in [6.07, 6.45) is 4.86. The molecular formula is C13H21N3O. The number of carbonyl (C=O) groups is 1. The van der Waals surface area contributed by atoms with Gasteiger partial charge in [-0.3, -0.25) is 9.78 Å². The van der Waals surface area contributed by atoms with Crippen molar-refractivity contribution in [2.75, 3.05) is 6.54 Å². The van der Waals surface area contributed by atoms with Gasteiger partial charge in [0.1, 0.15) is 0 Å². The molecule has 4 heteroatoms. The summed E-state index contributed by atoms with van der Waals surface area (Å²) in [4.78, 5) is 15.7. The van der Waals surface area contributed by atoms with Crippen LogP contribution in [0.4, 0.5) is 0 Å². The molecule has 0 fully saturated rings. The van der Waals surface area contributed by atoms with Crippen LogP contribution in [0.5, 0.6) is 0 Å². The largest absolute Gasteiger partial charge is 0.350 e. The van der Waals surface area contributed by atoms with Crippen molar-refractivity contribution in [3.63, 3.8) is 0 Å². The van der Waals surface area contributed by atoms with Gasteiger partial charge < -0.3 is 11.1 Å². The Balaban J connectivity index is 2.36. The first-order valence-electron chi connectivity index (χ1n) is 6.02. The average Bonchev–Trinajstić information content (AvgIpc) is 2.36. The highest BCUT2D eigenvalue weighted by Gasteiger charge is 2.10. The summed E-state index contributed by atoms with van der Waals surface area (Å²) in [6.45, 7) is 4.64. The Bertz CT molecular complexity index is 340. The minimum atomic E-state index is 0.00406. The third-order valence-corrected chi connectivity index (χ3v) is 2.83. The van der Waals surface area contributed by atoms with Crippen LogP contribution in [-0.2, 0) is 4.79 Å². The monoisotopic (exact) mass is 235 g/mol. The molecule has 0 aliphatic carbocycles. The van der Waals surface area contributed by atoms with Crippen LogP contribution in [0.2, 0.25) is 0 Å². The van der Waals surface area contributed by atoms with Crippen molar-refractivity contribution in [2.45, 2.75) is 32.7 Å². The van der Waals surface area contributed by atoms with Gasteiger partial charge in [-0.2, -0.15) is 0 Å². The molecule has 0 spiro atoms. The SMILES string of the molecule is CC(CN)CCC(=O)NC(C)c1cccnc1. The second kappa shape index (κ2) is 7.01. The van der Waals surface area contributed by atoms with Crippen LogP contribution in [0.1, 0.15) is 38.3 Å². The van der Waals surface area contributed by atoms with Gasteiger partial charge in [0.15, 0.2) is 0 Å². The molecule has 94 valence electrons. The molecule has 0 radical (unpaired) electrons. The van der Waals surface area contributed by atoms with Gasteiger partial charge in [-0.15, -0.1) is 0 Å². The Morgan fingerprint density at radius 1 is 1.53 bits per heavy atom. The van der Waals surface area contributed by atoms with Gasteiger partial charge in [-0.1, -0.05) is 13.0 Å². The molecule has 0 aliphatic heterocycles. The van der Waals surface area contributed by atoms with E-state index in [1.165, 1.54) is 0 Å². The second-order valence-corrected chi connectivity index (χ2v) is 4.46. The first kappa shape index (κ1) is 13.6. The smallest absolute Gasteiger partial charge is 0.220 e. The van der Waals surface area contributed by atoms with Gasteiger partial charge in [0.2, 0.25) is 5.91 Å². The molecule has 0 aromatic carbocycles. The molecule has 1 heterocycles. The molecule has 2 atom stereocenters. The molecule has 0 aliphatic rings. The summed E-state index contributed by atoms with van der Waals surface area (Å²) in [6, 6.07) is 3.83. The summed E-state index contributed by atoms with van der Waals surface area (Å²) in [5.41, 5.74) is 6.53. The van der Waals surface area contributed by atoms with Crippen molar-refractivity contribution >= 4 is 5.91 Å². The quantitative estimate of drug-likeness (QED) is 0.787. The van der Waals surface area contributed by atoms with E-state index in [1.807, 2.05) is 19.1 Å². The van der Waals surface area contributed by atoms with Crippen LogP contribution in [0.25, 0.3) is 0 Å². The van der Waals surface area contributed by atoms with Crippen molar-refractivity contribution < 1.29 is 4.79 Å². The lowest BCUT2D eigenvalue weighted by Crippen LogP contribution is -2.27. The van der Waals surface area contributed by atoms with E-state index in [1.54, 1.807) is 12.4 Å². The first-order chi connectivity index (χ1) is 8.13. The van der Waals surface area contributed by atoms with Gasteiger partial charge in [-0.05, 0) is 37.4 Å². The zero-order valence-corrected chi connectivity index (χ0v) is 10.5. The molecule has 1 rings (SSSR count). The molecule has 3 N–H and O–H groups in total. The van der Waals surface area contributed by atoms with Gasteiger partial charge >= 0.3 is 0 Å². The summed E-state index contributed by atoms with van der Waals surface area (Å²) in [5, 5.41) is 2.96. The lowest BCUT2D eigenvalue weighted by Gasteiger charge is -2.14. The summed E-state index contributed by atoms with van der Waals surface area (Å²) >= 11 is 0. The Labute approximate surface area is 103 Å². The Morgan fingerprint density at radius 3 is 2.88 bits per heavy atom. The van der Waals surface area contributed by atoms with E-state index >= 15 is 0 Å². The summed E-state index contributed by atoms with van der Waals surface area (Å²) in [5.74, 6) is 0.469. The molecule has 1 amide bonds. The highest BCUT2D eigenvalue weighted by Crippen LogP contribution is 2.11. The number of nitrogens with one attached hydrogen (secondary N) is 1. The molecule has 0 bridgehead atoms. The third kappa shape index (κ3) is 4.95. The van der Waals surface area contributed by atoms with Gasteiger partial charge in [0, 0.05) is 18.8 Å². The van der Waals surface area contributed by atoms with Crippen molar-refractivity contribution in [1.82, 2.24) is 10.3 Å². The van der Waals surface area contributed by atoms with E-state index in [4.69, 9.17) is 5.73 Å². The number of nitrogens with two attached hydrogens (primary N) is 1. The normalized spacial score (nSPS) is 14.1. The zero-order chi connectivity index (χ0) is 12.7. The predicted molar refractivity (Wildman–Crippen MR) is 68.2 cm³/mol. The lowest BCUT2D eigenvalue weighted by atomic mass is 10.1. The number of pyridine rings is 1. The molecular weight excluding hydrogens is 214 g/mol. The number of nitrogens with zero attached hydrogens (tertiary/aromatic N) is 1. The van der Waals surface area contributed by atoms with Crippen molar-refractivity contribution in [3.8, 4) is 0 Å². The maximum absolute atomic E-state index is 11.7. The average molecular weight is 235 g/mol. The van der Waals surface area contributed by atoms with E-state index in [9.17, 15) is 4.79 Å². The van der Waals surface area contributed by atoms with Gasteiger partial charge in [0.25, 0.3) is 0 Å². The van der Waals surface area contributed by atoms with Crippen LogP contribution >= 0.6 is 0 Å². The lowest BCUT2D eigenvalue weighted by molar-refractivity contribution is -0.122. The van der Waals surface area contributed by atoms with Crippen LogP contribution in [0, 0.1) is 5.92 Å². The minimum absolute atomic E-state index is 0.00406. The fraction of sp³-hybridized carbons (Fsp3) is 0.538. The maximum Gasteiger partial charge on any atom is 0.220 e. The maximum atomic E-state index is 11.7. The fourth-order valence-electron chi connectivity index (χ4n) is 1.52. The third-order valence-electron chi connectivity index (χ3n) is 2.83. The highest BCUT2D eigenvalue weighted by molar-refractivity contribution is 5.76. The van der Waals surface area contributed by atoms with Crippen LogP contribution in [0.3, 0.4) is 0 Å². The molecule has 4 nitrogen and oxygen atoms in total. The fourth-order valence-corrected chi connectivity index (χ4v) is 1.52. The zero-order valence-electron chi connectivity index (χ0n) is 10.5. The van der Waals surface area contributed by atoms with E-state index < -0.39 is 0 Å². The second-order valence-electron chi connectivity index (χ2n) is 4.46. The predicted octanol–water partition coefficient (Wildman–Crippen LogP) is 1.63. The molecule has 0 saturated heterocycles. The molecule has 1 aromatic heterocycles. The Kier molecular flexibility index (Phi) is 5.63. The van der Waals surface area contributed by atoms with E-state index in [2.05, 4.69) is 17.2 Å². The van der Waals surface area contributed by atoms with E-state index in [0.717, 1.165) is 12.0 Å².